The fourth-order valence-corrected chi connectivity index (χ4v) is 6.07. The van der Waals surface area contributed by atoms with E-state index in [2.05, 4.69) is 126 Å². The van der Waals surface area contributed by atoms with Gasteiger partial charge in [0.25, 0.3) is 0 Å². The summed E-state index contributed by atoms with van der Waals surface area (Å²) < 4.78 is 0. The van der Waals surface area contributed by atoms with Gasteiger partial charge in [-0.3, -0.25) is 0 Å². The van der Waals surface area contributed by atoms with Gasteiger partial charge in [0.2, 0.25) is 0 Å². The summed E-state index contributed by atoms with van der Waals surface area (Å²) in [7, 11) is 0. The van der Waals surface area contributed by atoms with Crippen LogP contribution < -0.4 is 0 Å². The zero-order valence-corrected chi connectivity index (χ0v) is 24.6. The van der Waals surface area contributed by atoms with Gasteiger partial charge in [0.1, 0.15) is 0 Å². The number of fused-ring (bicyclic) bond motifs is 10. The van der Waals surface area contributed by atoms with Gasteiger partial charge >= 0.3 is 0 Å². The highest BCUT2D eigenvalue weighted by Gasteiger charge is 2.52. The van der Waals surface area contributed by atoms with Crippen molar-refractivity contribution >= 4 is 0 Å². The molecule has 0 saturated carbocycles. The molecule has 4 aromatic rings. The molecule has 0 atom stereocenters. The van der Waals surface area contributed by atoms with E-state index in [1.165, 1.54) is 55.6 Å². The van der Waals surface area contributed by atoms with Crippen LogP contribution >= 0.6 is 0 Å². The molecule has 0 unspecified atom stereocenters. The van der Waals surface area contributed by atoms with Crippen LogP contribution in [0.1, 0.15) is 103 Å². The smallest absolute Gasteiger partial charge is 0.0683 e. The Morgan fingerprint density at radius 3 is 1.08 bits per heavy atom. The monoisotopic (exact) mass is 488 g/mol. The molecule has 192 valence electrons. The molecule has 0 N–H and O–H groups in total. The highest BCUT2D eigenvalue weighted by Crippen LogP contribution is 2.63. The van der Waals surface area contributed by atoms with Crippen LogP contribution in [0.5, 0.6) is 0 Å². The molecule has 0 bridgehead atoms. The minimum Gasteiger partial charge on any atom is -0.0683 e. The van der Waals surface area contributed by atoms with Gasteiger partial charge in [-0.05, 0) is 66.5 Å². The molecule has 0 aromatic heterocycles. The average Bonchev–Trinajstić information content (AvgIpc) is 3.37. The molecule has 0 fully saturated rings. The first-order valence-electron chi connectivity index (χ1n) is 14.1. The molecule has 0 saturated heterocycles. The number of benzene rings is 4. The molecule has 2 aliphatic carbocycles. The summed E-state index contributed by atoms with van der Waals surface area (Å²) in [4.78, 5) is 0. The predicted octanol–water partition coefficient (Wildman–Crippen LogP) is 10.7. The molecular weight excluding hydrogens is 444 g/mol. The minimum atomic E-state index is -0.264. The van der Waals surface area contributed by atoms with Crippen LogP contribution in [0.15, 0.2) is 84.9 Å². The Labute approximate surface area is 225 Å². The summed E-state index contributed by atoms with van der Waals surface area (Å²) in [6, 6.07) is 32.6. The van der Waals surface area contributed by atoms with Gasteiger partial charge in [0.05, 0.1) is 5.41 Å². The maximum atomic E-state index is 2.50. The average molecular weight is 489 g/mol. The predicted molar refractivity (Wildman–Crippen MR) is 163 cm³/mol. The van der Waals surface area contributed by atoms with E-state index in [1.54, 1.807) is 0 Å². The first-order chi connectivity index (χ1) is 17.6. The van der Waals surface area contributed by atoms with E-state index < -0.39 is 0 Å². The van der Waals surface area contributed by atoms with Crippen LogP contribution in [0.25, 0.3) is 22.3 Å². The molecule has 6 rings (SSSR count). The quantitative estimate of drug-likeness (QED) is 0.199. The molecule has 2 aliphatic rings. The van der Waals surface area contributed by atoms with Crippen molar-refractivity contribution < 1.29 is 0 Å². The normalized spacial score (nSPS) is 13.9. The Kier molecular flexibility index (Phi) is 7.02. The molecule has 37 heavy (non-hydrogen) atoms. The number of hydrogen-bond donors (Lipinski definition) is 0. The second-order valence-corrected chi connectivity index (χ2v) is 11.9. The summed E-state index contributed by atoms with van der Waals surface area (Å²) in [6.07, 6.45) is 0. The van der Waals surface area contributed by atoms with Crippen molar-refractivity contribution in [3.8, 4) is 22.3 Å². The van der Waals surface area contributed by atoms with Crippen LogP contribution in [-0.4, -0.2) is 0 Å². The Balaban J connectivity index is 0.000000765. The number of hydrogen-bond acceptors (Lipinski definition) is 0. The van der Waals surface area contributed by atoms with Crippen molar-refractivity contribution in [3.63, 3.8) is 0 Å². The summed E-state index contributed by atoms with van der Waals surface area (Å²) in [5.74, 6) is 0. The van der Waals surface area contributed by atoms with Crippen LogP contribution in [0.2, 0.25) is 0 Å². The molecule has 0 heteroatoms. The fraction of sp³-hybridized carbons (Fsp3) is 0.351. The van der Waals surface area contributed by atoms with Crippen molar-refractivity contribution in [3.05, 3.63) is 118 Å². The molecule has 0 radical (unpaired) electrons. The first-order valence-corrected chi connectivity index (χ1v) is 14.1. The zero-order valence-electron chi connectivity index (χ0n) is 24.6. The van der Waals surface area contributed by atoms with Gasteiger partial charge in [-0.15, -0.1) is 0 Å². The van der Waals surface area contributed by atoms with E-state index in [0.29, 0.717) is 0 Å². The summed E-state index contributed by atoms with van der Waals surface area (Å²) in [5.41, 5.74) is 13.9. The molecular formula is C37H44. The van der Waals surface area contributed by atoms with Gasteiger partial charge in [-0.2, -0.15) is 0 Å². The molecule has 0 amide bonds. The third-order valence-electron chi connectivity index (χ3n) is 7.82. The topological polar surface area (TPSA) is 0 Å². The van der Waals surface area contributed by atoms with E-state index in [-0.39, 0.29) is 16.2 Å². The van der Waals surface area contributed by atoms with Crippen LogP contribution in [-0.2, 0) is 16.2 Å². The lowest BCUT2D eigenvalue weighted by Crippen LogP contribution is -2.27. The maximum Gasteiger partial charge on any atom is 0.0725 e. The second-order valence-electron chi connectivity index (χ2n) is 11.9. The molecule has 0 heterocycles. The third kappa shape index (κ3) is 3.97. The van der Waals surface area contributed by atoms with Crippen LogP contribution in [0, 0.1) is 0 Å². The Hall–Kier alpha value is -3.12. The van der Waals surface area contributed by atoms with E-state index >= 15 is 0 Å². The molecule has 4 aromatic carbocycles. The second kappa shape index (κ2) is 9.64. The van der Waals surface area contributed by atoms with Gasteiger partial charge < -0.3 is 0 Å². The van der Waals surface area contributed by atoms with Gasteiger partial charge in [0, 0.05) is 0 Å². The lowest BCUT2D eigenvalue weighted by atomic mass is 9.69. The molecule has 0 nitrogen and oxygen atoms in total. The van der Waals surface area contributed by atoms with E-state index in [1.807, 2.05) is 27.7 Å². The summed E-state index contributed by atoms with van der Waals surface area (Å²) >= 11 is 0. The van der Waals surface area contributed by atoms with Crippen molar-refractivity contribution in [2.24, 2.45) is 0 Å². The standard InChI is InChI=1S/C33H32.2C2H6/c1-31(2,3)21-15-17-25-26-18-16-22(32(4,5)6)20-30(26)33(29(25)19-21)27-13-9-7-11-23(27)24-12-8-10-14-28(24)33;2*1-2/h7-20H,1-6H3;2*1-2H3. The highest BCUT2D eigenvalue weighted by molar-refractivity contribution is 5.95. The Bertz CT molecular complexity index is 1310. The largest absolute Gasteiger partial charge is 0.0725 e. The lowest BCUT2D eigenvalue weighted by molar-refractivity contribution is 0.586. The van der Waals surface area contributed by atoms with E-state index in [0.717, 1.165) is 0 Å². The fourth-order valence-electron chi connectivity index (χ4n) is 6.07. The Morgan fingerprint density at radius 1 is 0.405 bits per heavy atom. The zero-order chi connectivity index (χ0) is 27.2. The van der Waals surface area contributed by atoms with Crippen LogP contribution in [0.3, 0.4) is 0 Å². The SMILES string of the molecule is CC.CC.CC(C)(C)c1ccc2c(c1)C1(c3ccccc3-c3ccccc31)c1cc(C(C)(C)C)ccc1-2. The lowest BCUT2D eigenvalue weighted by Gasteiger charge is -2.32. The van der Waals surface area contributed by atoms with Gasteiger partial charge in [-0.25, -0.2) is 0 Å². The van der Waals surface area contributed by atoms with Crippen LogP contribution in [0.4, 0.5) is 0 Å². The summed E-state index contributed by atoms with van der Waals surface area (Å²) in [5, 5.41) is 0. The van der Waals surface area contributed by atoms with Crippen molar-refractivity contribution in [1.29, 1.82) is 0 Å². The summed E-state index contributed by atoms with van der Waals surface area (Å²) in [6.45, 7) is 21.9. The van der Waals surface area contributed by atoms with Crippen molar-refractivity contribution in [2.75, 3.05) is 0 Å². The first kappa shape index (κ1) is 26.9. The highest BCUT2D eigenvalue weighted by atomic mass is 14.5. The van der Waals surface area contributed by atoms with E-state index in [4.69, 9.17) is 0 Å². The van der Waals surface area contributed by atoms with Crippen molar-refractivity contribution in [1.82, 2.24) is 0 Å². The van der Waals surface area contributed by atoms with Crippen molar-refractivity contribution in [2.45, 2.75) is 85.5 Å². The number of rotatable bonds is 0. The maximum absolute atomic E-state index is 2.50. The Morgan fingerprint density at radius 2 is 0.730 bits per heavy atom. The third-order valence-corrected chi connectivity index (χ3v) is 7.82. The molecule has 1 spiro atoms. The molecule has 0 aliphatic heterocycles. The van der Waals surface area contributed by atoms with E-state index in [9.17, 15) is 0 Å². The van der Waals surface area contributed by atoms with Gasteiger partial charge in [0.15, 0.2) is 0 Å². The minimum absolute atomic E-state index is 0.0964. The van der Waals surface area contributed by atoms with Gasteiger partial charge in [-0.1, -0.05) is 154 Å².